The van der Waals surface area contributed by atoms with Crippen LogP contribution in [0.5, 0.6) is 0 Å². The van der Waals surface area contributed by atoms with Crippen LogP contribution in [0.4, 0.5) is 23.2 Å². The van der Waals surface area contributed by atoms with Gasteiger partial charge in [0.1, 0.15) is 5.82 Å². The minimum absolute atomic E-state index is 0.0623. The molecule has 132 valence electrons. The van der Waals surface area contributed by atoms with E-state index in [2.05, 4.69) is 0 Å². The first-order valence-electron chi connectivity index (χ1n) is 7.72. The first-order valence-corrected chi connectivity index (χ1v) is 7.72. The molecule has 1 heterocycles. The van der Waals surface area contributed by atoms with Crippen LogP contribution in [-0.2, 0) is 6.18 Å². The summed E-state index contributed by atoms with van der Waals surface area (Å²) in [4.78, 5) is 12.6. The van der Waals surface area contributed by atoms with E-state index in [-0.39, 0.29) is 23.7 Å². The van der Waals surface area contributed by atoms with Crippen molar-refractivity contribution in [2.45, 2.75) is 18.5 Å². The van der Waals surface area contributed by atoms with Crippen LogP contribution < -0.4 is 4.90 Å². The molecule has 0 spiro atoms. The zero-order valence-corrected chi connectivity index (χ0v) is 13.1. The van der Waals surface area contributed by atoms with E-state index in [4.69, 9.17) is 5.11 Å². The number of carboxylic acid groups (broad SMARTS) is 1. The summed E-state index contributed by atoms with van der Waals surface area (Å²) in [6, 6.07) is 9.40. The molecule has 1 unspecified atom stereocenters. The Morgan fingerprint density at radius 1 is 1.12 bits per heavy atom. The topological polar surface area (TPSA) is 40.5 Å². The van der Waals surface area contributed by atoms with Crippen molar-refractivity contribution in [2.24, 2.45) is 0 Å². The fraction of sp³-hybridized carbons (Fsp3) is 0.278. The monoisotopic (exact) mass is 353 g/mol. The van der Waals surface area contributed by atoms with Crippen molar-refractivity contribution in [1.82, 2.24) is 0 Å². The number of carboxylic acids is 1. The quantitative estimate of drug-likeness (QED) is 0.824. The van der Waals surface area contributed by atoms with Crippen molar-refractivity contribution >= 4 is 11.7 Å². The maximum absolute atomic E-state index is 14.4. The third kappa shape index (κ3) is 3.31. The normalized spacial score (nSPS) is 17.8. The Hall–Kier alpha value is -2.57. The van der Waals surface area contributed by atoms with E-state index < -0.39 is 29.1 Å². The summed E-state index contributed by atoms with van der Waals surface area (Å²) in [6.45, 7) is 0.543. The highest BCUT2D eigenvalue weighted by Crippen LogP contribution is 2.40. The van der Waals surface area contributed by atoms with Gasteiger partial charge in [0.25, 0.3) is 0 Å². The van der Waals surface area contributed by atoms with Gasteiger partial charge < -0.3 is 10.0 Å². The van der Waals surface area contributed by atoms with Crippen LogP contribution in [0.1, 0.15) is 33.8 Å². The Morgan fingerprint density at radius 2 is 1.84 bits per heavy atom. The number of hydrogen-bond donors (Lipinski definition) is 1. The minimum Gasteiger partial charge on any atom is -0.478 e. The molecule has 7 heteroatoms. The van der Waals surface area contributed by atoms with Gasteiger partial charge in [0.15, 0.2) is 0 Å². The van der Waals surface area contributed by atoms with E-state index >= 15 is 0 Å². The predicted octanol–water partition coefficient (Wildman–Crippen LogP) is 4.54. The lowest BCUT2D eigenvalue weighted by molar-refractivity contribution is -0.137. The minimum atomic E-state index is -4.47. The molecule has 2 aromatic carbocycles. The number of halogens is 4. The van der Waals surface area contributed by atoms with Gasteiger partial charge in [-0.1, -0.05) is 24.3 Å². The largest absolute Gasteiger partial charge is 0.478 e. The second kappa shape index (κ2) is 6.38. The number of anilines is 1. The first kappa shape index (κ1) is 17.3. The second-order valence-electron chi connectivity index (χ2n) is 5.96. The number of para-hydroxylation sites is 1. The molecule has 0 aromatic heterocycles. The summed E-state index contributed by atoms with van der Waals surface area (Å²) in [7, 11) is 0. The molecule has 1 atom stereocenters. The molecule has 2 aromatic rings. The number of nitrogens with zero attached hydrogens (tertiary/aromatic N) is 1. The smallest absolute Gasteiger partial charge is 0.418 e. The number of carbonyl (C=O) groups is 1. The van der Waals surface area contributed by atoms with E-state index in [9.17, 15) is 22.4 Å². The van der Waals surface area contributed by atoms with E-state index in [1.807, 2.05) is 0 Å². The highest BCUT2D eigenvalue weighted by Gasteiger charge is 2.36. The standard InChI is InChI=1S/C18H15F4NO2/c19-16-12(4-3-5-13(16)17(24)25)11-8-9-23(10-11)15-7-2-1-6-14(15)18(20,21)22/h1-7,11H,8-10H2,(H,24,25). The van der Waals surface area contributed by atoms with E-state index in [1.54, 1.807) is 4.90 Å². The number of aromatic carboxylic acids is 1. The van der Waals surface area contributed by atoms with Crippen LogP contribution in [0, 0.1) is 5.82 Å². The maximum Gasteiger partial charge on any atom is 0.418 e. The lowest BCUT2D eigenvalue weighted by atomic mass is 9.95. The number of alkyl halides is 3. The summed E-state index contributed by atoms with van der Waals surface area (Å²) in [5.74, 6) is -2.54. The number of benzene rings is 2. The summed E-state index contributed by atoms with van der Waals surface area (Å²) in [5, 5.41) is 9.01. The van der Waals surface area contributed by atoms with Crippen LogP contribution in [0.2, 0.25) is 0 Å². The first-order chi connectivity index (χ1) is 11.8. The fourth-order valence-corrected chi connectivity index (χ4v) is 3.25. The molecule has 0 bridgehead atoms. The van der Waals surface area contributed by atoms with E-state index in [0.29, 0.717) is 13.0 Å². The summed E-state index contributed by atoms with van der Waals surface area (Å²) < 4.78 is 53.9. The lowest BCUT2D eigenvalue weighted by Crippen LogP contribution is -2.23. The third-order valence-corrected chi connectivity index (χ3v) is 4.44. The lowest BCUT2D eigenvalue weighted by Gasteiger charge is -2.23. The Bertz CT molecular complexity index is 804. The highest BCUT2D eigenvalue weighted by molar-refractivity contribution is 5.88. The summed E-state index contributed by atoms with van der Waals surface area (Å²) in [5.41, 5.74) is -0.860. The average molecular weight is 353 g/mol. The van der Waals surface area contributed by atoms with Gasteiger partial charge in [-0.05, 0) is 30.2 Å². The molecule has 3 rings (SSSR count). The van der Waals surface area contributed by atoms with Crippen LogP contribution in [0.15, 0.2) is 42.5 Å². The van der Waals surface area contributed by atoms with Crippen molar-refractivity contribution in [2.75, 3.05) is 18.0 Å². The molecular formula is C18H15F4NO2. The molecule has 1 N–H and O–H groups in total. The van der Waals surface area contributed by atoms with Crippen LogP contribution in [0.3, 0.4) is 0 Å². The van der Waals surface area contributed by atoms with Crippen LogP contribution in [-0.4, -0.2) is 24.2 Å². The SMILES string of the molecule is O=C(O)c1cccc(C2CCN(c3ccccc3C(F)(F)F)C2)c1F. The fourth-order valence-electron chi connectivity index (χ4n) is 3.25. The van der Waals surface area contributed by atoms with Gasteiger partial charge in [-0.25, -0.2) is 9.18 Å². The molecule has 0 saturated carbocycles. The van der Waals surface area contributed by atoms with Gasteiger partial charge in [-0.2, -0.15) is 13.2 Å². The molecule has 1 aliphatic rings. The Morgan fingerprint density at radius 3 is 2.52 bits per heavy atom. The Balaban J connectivity index is 1.89. The molecule has 25 heavy (non-hydrogen) atoms. The Labute approximate surface area is 141 Å². The highest BCUT2D eigenvalue weighted by atomic mass is 19.4. The Kier molecular flexibility index (Phi) is 4.41. The molecule has 0 aliphatic carbocycles. The van der Waals surface area contributed by atoms with Crippen molar-refractivity contribution in [3.8, 4) is 0 Å². The van der Waals surface area contributed by atoms with Crippen molar-refractivity contribution in [3.05, 3.63) is 65.0 Å². The zero-order valence-electron chi connectivity index (χ0n) is 13.1. The van der Waals surface area contributed by atoms with Crippen molar-refractivity contribution in [3.63, 3.8) is 0 Å². The molecule has 3 nitrogen and oxygen atoms in total. The molecule has 1 aliphatic heterocycles. The van der Waals surface area contributed by atoms with Crippen LogP contribution >= 0.6 is 0 Å². The molecule has 1 saturated heterocycles. The predicted molar refractivity (Wildman–Crippen MR) is 84.4 cm³/mol. The van der Waals surface area contributed by atoms with Crippen molar-refractivity contribution in [1.29, 1.82) is 0 Å². The average Bonchev–Trinajstić information content (AvgIpc) is 3.03. The maximum atomic E-state index is 14.4. The van der Waals surface area contributed by atoms with Gasteiger partial charge in [0, 0.05) is 24.7 Å². The van der Waals surface area contributed by atoms with Crippen LogP contribution in [0.25, 0.3) is 0 Å². The number of hydrogen-bond acceptors (Lipinski definition) is 2. The molecule has 1 fully saturated rings. The van der Waals surface area contributed by atoms with Crippen molar-refractivity contribution < 1.29 is 27.5 Å². The zero-order chi connectivity index (χ0) is 18.2. The van der Waals surface area contributed by atoms with Gasteiger partial charge in [0.2, 0.25) is 0 Å². The molecule has 0 radical (unpaired) electrons. The van der Waals surface area contributed by atoms with Gasteiger partial charge in [0.05, 0.1) is 11.1 Å². The number of rotatable bonds is 3. The van der Waals surface area contributed by atoms with E-state index in [0.717, 1.165) is 6.07 Å². The molecule has 0 amide bonds. The van der Waals surface area contributed by atoms with Gasteiger partial charge >= 0.3 is 12.1 Å². The van der Waals surface area contributed by atoms with E-state index in [1.165, 1.54) is 36.4 Å². The summed E-state index contributed by atoms with van der Waals surface area (Å²) >= 11 is 0. The second-order valence-corrected chi connectivity index (χ2v) is 5.96. The molecular weight excluding hydrogens is 338 g/mol. The van der Waals surface area contributed by atoms with Gasteiger partial charge in [-0.15, -0.1) is 0 Å². The van der Waals surface area contributed by atoms with Gasteiger partial charge in [-0.3, -0.25) is 0 Å². The third-order valence-electron chi connectivity index (χ3n) is 4.44. The summed E-state index contributed by atoms with van der Waals surface area (Å²) in [6.07, 6.45) is -4.02.